The first kappa shape index (κ1) is 13.1. The highest BCUT2D eigenvalue weighted by molar-refractivity contribution is 7.12. The fourth-order valence-electron chi connectivity index (χ4n) is 3.04. The Labute approximate surface area is 118 Å². The molecule has 0 saturated carbocycles. The molecule has 2 heterocycles. The van der Waals surface area contributed by atoms with Gasteiger partial charge in [0.25, 0.3) is 0 Å². The SMILES string of the molecule is CC(NC1CCC(=O)NC1)c1cc2c(s1)CCCC2. The lowest BCUT2D eigenvalue weighted by molar-refractivity contribution is -0.122. The molecule has 104 valence electrons. The second-order valence-electron chi connectivity index (χ2n) is 5.73. The van der Waals surface area contributed by atoms with Gasteiger partial charge >= 0.3 is 0 Å². The lowest BCUT2D eigenvalue weighted by atomic mass is 9.98. The van der Waals surface area contributed by atoms with Crippen molar-refractivity contribution in [2.24, 2.45) is 0 Å². The molecular weight excluding hydrogens is 256 g/mol. The zero-order valence-corrected chi connectivity index (χ0v) is 12.3. The summed E-state index contributed by atoms with van der Waals surface area (Å²) in [6.07, 6.45) is 6.85. The number of carbonyl (C=O) groups is 1. The van der Waals surface area contributed by atoms with Crippen LogP contribution in [0.4, 0.5) is 0 Å². The highest BCUT2D eigenvalue weighted by atomic mass is 32.1. The van der Waals surface area contributed by atoms with E-state index in [0.29, 0.717) is 18.5 Å². The summed E-state index contributed by atoms with van der Waals surface area (Å²) < 4.78 is 0. The van der Waals surface area contributed by atoms with E-state index in [-0.39, 0.29) is 5.91 Å². The smallest absolute Gasteiger partial charge is 0.220 e. The van der Waals surface area contributed by atoms with Crippen molar-refractivity contribution >= 4 is 17.2 Å². The highest BCUT2D eigenvalue weighted by Crippen LogP contribution is 2.33. The van der Waals surface area contributed by atoms with Crippen molar-refractivity contribution in [3.8, 4) is 0 Å². The second-order valence-corrected chi connectivity index (χ2v) is 6.90. The van der Waals surface area contributed by atoms with Gasteiger partial charge in [0.1, 0.15) is 0 Å². The molecule has 1 aromatic rings. The van der Waals surface area contributed by atoms with Gasteiger partial charge in [-0.1, -0.05) is 0 Å². The number of carbonyl (C=O) groups excluding carboxylic acids is 1. The molecule has 3 rings (SSSR count). The van der Waals surface area contributed by atoms with Crippen molar-refractivity contribution in [3.63, 3.8) is 0 Å². The molecule has 2 aliphatic rings. The first-order chi connectivity index (χ1) is 9.22. The van der Waals surface area contributed by atoms with Gasteiger partial charge in [0, 0.05) is 34.8 Å². The lowest BCUT2D eigenvalue weighted by Crippen LogP contribution is -2.46. The maximum absolute atomic E-state index is 11.2. The van der Waals surface area contributed by atoms with Gasteiger partial charge in [-0.25, -0.2) is 0 Å². The molecule has 2 unspecified atom stereocenters. The lowest BCUT2D eigenvalue weighted by Gasteiger charge is -2.26. The molecule has 1 fully saturated rings. The summed E-state index contributed by atoms with van der Waals surface area (Å²) in [5, 5.41) is 6.60. The summed E-state index contributed by atoms with van der Waals surface area (Å²) >= 11 is 1.98. The van der Waals surface area contributed by atoms with Gasteiger partial charge in [0.15, 0.2) is 0 Å². The van der Waals surface area contributed by atoms with E-state index in [9.17, 15) is 4.79 Å². The molecule has 1 aliphatic heterocycles. The standard InChI is InChI=1S/C15H22N2OS/c1-10(17-12-6-7-15(18)16-9-12)14-8-11-4-2-3-5-13(11)19-14/h8,10,12,17H,2-7,9H2,1H3,(H,16,18). The molecule has 1 aromatic heterocycles. The minimum absolute atomic E-state index is 0.192. The van der Waals surface area contributed by atoms with Crippen molar-refractivity contribution in [1.82, 2.24) is 10.6 Å². The molecule has 1 amide bonds. The number of thiophene rings is 1. The minimum Gasteiger partial charge on any atom is -0.355 e. The molecular formula is C15H22N2OS. The van der Waals surface area contributed by atoms with Crippen molar-refractivity contribution < 1.29 is 4.79 Å². The third kappa shape index (κ3) is 3.00. The van der Waals surface area contributed by atoms with Gasteiger partial charge in [0.2, 0.25) is 5.91 Å². The summed E-state index contributed by atoms with van der Waals surface area (Å²) in [6.45, 7) is 3.02. The first-order valence-corrected chi connectivity index (χ1v) is 8.18. The van der Waals surface area contributed by atoms with E-state index in [4.69, 9.17) is 0 Å². The number of fused-ring (bicyclic) bond motifs is 1. The Morgan fingerprint density at radius 2 is 2.21 bits per heavy atom. The molecule has 0 radical (unpaired) electrons. The number of hydrogen-bond acceptors (Lipinski definition) is 3. The molecule has 2 atom stereocenters. The quantitative estimate of drug-likeness (QED) is 0.892. The molecule has 3 nitrogen and oxygen atoms in total. The Kier molecular flexibility index (Phi) is 3.89. The number of nitrogens with one attached hydrogen (secondary N) is 2. The third-order valence-corrected chi connectivity index (χ3v) is 5.61. The van der Waals surface area contributed by atoms with Crippen LogP contribution in [-0.2, 0) is 17.6 Å². The van der Waals surface area contributed by atoms with Crippen molar-refractivity contribution in [1.29, 1.82) is 0 Å². The molecule has 19 heavy (non-hydrogen) atoms. The van der Waals surface area contributed by atoms with E-state index in [0.717, 1.165) is 13.0 Å². The Hall–Kier alpha value is -0.870. The molecule has 4 heteroatoms. The van der Waals surface area contributed by atoms with Gasteiger partial charge in [-0.05, 0) is 50.7 Å². The number of hydrogen-bond donors (Lipinski definition) is 2. The fraction of sp³-hybridized carbons (Fsp3) is 0.667. The van der Waals surface area contributed by atoms with Crippen LogP contribution in [0.25, 0.3) is 0 Å². The highest BCUT2D eigenvalue weighted by Gasteiger charge is 2.22. The van der Waals surface area contributed by atoms with E-state index in [1.807, 2.05) is 11.3 Å². The zero-order chi connectivity index (χ0) is 13.2. The number of aryl methyl sites for hydroxylation is 2. The number of amides is 1. The van der Waals surface area contributed by atoms with Gasteiger partial charge in [-0.2, -0.15) is 0 Å². The predicted molar refractivity (Wildman–Crippen MR) is 78.5 cm³/mol. The fourth-order valence-corrected chi connectivity index (χ4v) is 4.31. The van der Waals surface area contributed by atoms with Crippen molar-refractivity contribution in [2.45, 2.75) is 57.5 Å². The van der Waals surface area contributed by atoms with E-state index in [1.54, 1.807) is 10.4 Å². The summed E-state index contributed by atoms with van der Waals surface area (Å²) in [6, 6.07) is 3.22. The normalized spacial score (nSPS) is 24.7. The predicted octanol–water partition coefficient (Wildman–Crippen LogP) is 2.56. The van der Waals surface area contributed by atoms with Gasteiger partial charge in [-0.3, -0.25) is 4.79 Å². The van der Waals surface area contributed by atoms with Crippen LogP contribution in [-0.4, -0.2) is 18.5 Å². The molecule has 1 saturated heterocycles. The Bertz CT molecular complexity index is 435. The van der Waals surface area contributed by atoms with E-state index < -0.39 is 0 Å². The minimum atomic E-state index is 0.192. The average Bonchev–Trinajstić information content (AvgIpc) is 2.85. The van der Waals surface area contributed by atoms with Crippen LogP contribution in [0.1, 0.15) is 54.0 Å². The van der Waals surface area contributed by atoms with Crippen LogP contribution >= 0.6 is 11.3 Å². The first-order valence-electron chi connectivity index (χ1n) is 7.36. The van der Waals surface area contributed by atoms with Crippen LogP contribution in [0, 0.1) is 0 Å². The summed E-state index contributed by atoms with van der Waals surface area (Å²) in [7, 11) is 0. The van der Waals surface area contributed by atoms with E-state index in [1.165, 1.54) is 30.6 Å². The van der Waals surface area contributed by atoms with Crippen LogP contribution in [0.2, 0.25) is 0 Å². The Balaban J connectivity index is 1.62. The number of rotatable bonds is 3. The van der Waals surface area contributed by atoms with E-state index >= 15 is 0 Å². The van der Waals surface area contributed by atoms with Crippen molar-refractivity contribution in [3.05, 3.63) is 21.4 Å². The molecule has 1 aliphatic carbocycles. The largest absolute Gasteiger partial charge is 0.355 e. The maximum atomic E-state index is 11.2. The monoisotopic (exact) mass is 278 g/mol. The Morgan fingerprint density at radius 3 is 2.95 bits per heavy atom. The van der Waals surface area contributed by atoms with Crippen LogP contribution < -0.4 is 10.6 Å². The van der Waals surface area contributed by atoms with Crippen LogP contribution in [0.5, 0.6) is 0 Å². The third-order valence-electron chi connectivity index (χ3n) is 4.19. The van der Waals surface area contributed by atoms with Crippen molar-refractivity contribution in [2.75, 3.05) is 6.54 Å². The van der Waals surface area contributed by atoms with Gasteiger partial charge in [0.05, 0.1) is 0 Å². The summed E-state index contributed by atoms with van der Waals surface area (Å²) in [5.74, 6) is 0.192. The summed E-state index contributed by atoms with van der Waals surface area (Å²) in [4.78, 5) is 14.2. The zero-order valence-electron chi connectivity index (χ0n) is 11.5. The van der Waals surface area contributed by atoms with E-state index in [2.05, 4.69) is 23.6 Å². The second kappa shape index (κ2) is 5.63. The van der Waals surface area contributed by atoms with Gasteiger partial charge in [-0.15, -0.1) is 11.3 Å². The van der Waals surface area contributed by atoms with Crippen LogP contribution in [0.15, 0.2) is 6.07 Å². The Morgan fingerprint density at radius 1 is 1.37 bits per heavy atom. The van der Waals surface area contributed by atoms with Crippen LogP contribution in [0.3, 0.4) is 0 Å². The molecule has 2 N–H and O–H groups in total. The topological polar surface area (TPSA) is 41.1 Å². The molecule has 0 spiro atoms. The molecule has 0 aromatic carbocycles. The summed E-state index contributed by atoms with van der Waals surface area (Å²) in [5.41, 5.74) is 1.58. The number of piperidine rings is 1. The maximum Gasteiger partial charge on any atom is 0.220 e. The molecule has 0 bridgehead atoms. The average molecular weight is 278 g/mol. The van der Waals surface area contributed by atoms with Gasteiger partial charge < -0.3 is 10.6 Å².